The molecule has 3 N–H and O–H groups in total. The van der Waals surface area contributed by atoms with Crippen molar-refractivity contribution in [2.45, 2.75) is 77.7 Å². The van der Waals surface area contributed by atoms with Gasteiger partial charge < -0.3 is 0 Å². The van der Waals surface area contributed by atoms with Crippen molar-refractivity contribution in [1.29, 1.82) is 0 Å². The number of hydrogen-bond acceptors (Lipinski definition) is 2. The van der Waals surface area contributed by atoms with E-state index in [0.717, 1.165) is 23.7 Å². The summed E-state index contributed by atoms with van der Waals surface area (Å²) in [5.74, 6) is 9.52. The average molecular weight is 252 g/mol. The lowest BCUT2D eigenvalue weighted by Gasteiger charge is -2.42. The first kappa shape index (κ1) is 14.3. The zero-order valence-electron chi connectivity index (χ0n) is 12.3. The maximum absolute atomic E-state index is 5.81. The largest absolute Gasteiger partial charge is 0.271 e. The van der Waals surface area contributed by atoms with Crippen molar-refractivity contribution in [2.24, 2.45) is 29.5 Å². The maximum Gasteiger partial charge on any atom is 0.0238 e. The Hall–Kier alpha value is -0.0800. The smallest absolute Gasteiger partial charge is 0.0238 e. The fraction of sp³-hybridized carbons (Fsp3) is 1.00. The molecule has 0 bridgehead atoms. The van der Waals surface area contributed by atoms with Crippen LogP contribution in [0.2, 0.25) is 0 Å². The van der Waals surface area contributed by atoms with Crippen LogP contribution >= 0.6 is 0 Å². The minimum Gasteiger partial charge on any atom is -0.271 e. The summed E-state index contributed by atoms with van der Waals surface area (Å²) in [5, 5.41) is 0. The summed E-state index contributed by atoms with van der Waals surface area (Å²) >= 11 is 0. The fourth-order valence-electron chi connectivity index (χ4n) is 4.24. The van der Waals surface area contributed by atoms with Gasteiger partial charge in [-0.3, -0.25) is 11.3 Å². The van der Waals surface area contributed by atoms with Crippen LogP contribution in [0.3, 0.4) is 0 Å². The molecule has 0 aromatic rings. The van der Waals surface area contributed by atoms with Crippen LogP contribution in [-0.2, 0) is 0 Å². The summed E-state index contributed by atoms with van der Waals surface area (Å²) in [6.07, 6.45) is 12.8. The first-order chi connectivity index (χ1) is 8.70. The SMILES string of the molecule is CC(C)CCC(NN)C1CCC2CCCCC2C1. The van der Waals surface area contributed by atoms with Crippen molar-refractivity contribution in [3.63, 3.8) is 0 Å². The molecule has 2 saturated carbocycles. The highest BCUT2D eigenvalue weighted by Gasteiger charge is 2.34. The molecule has 0 aliphatic heterocycles. The number of hydrogen-bond donors (Lipinski definition) is 2. The summed E-state index contributed by atoms with van der Waals surface area (Å²) < 4.78 is 0. The van der Waals surface area contributed by atoms with E-state index in [2.05, 4.69) is 19.3 Å². The van der Waals surface area contributed by atoms with Crippen LogP contribution in [0.1, 0.15) is 71.6 Å². The van der Waals surface area contributed by atoms with E-state index in [0.29, 0.717) is 6.04 Å². The van der Waals surface area contributed by atoms with Crippen LogP contribution < -0.4 is 11.3 Å². The van der Waals surface area contributed by atoms with Crippen LogP contribution in [0.25, 0.3) is 0 Å². The highest BCUT2D eigenvalue weighted by Crippen LogP contribution is 2.44. The second-order valence-corrected chi connectivity index (χ2v) is 7.12. The predicted octanol–water partition coefficient (Wildman–Crippen LogP) is 3.86. The third-order valence-electron chi connectivity index (χ3n) is 5.42. The lowest BCUT2D eigenvalue weighted by Crippen LogP contribution is -2.44. The van der Waals surface area contributed by atoms with Crippen molar-refractivity contribution in [2.75, 3.05) is 0 Å². The molecule has 2 heteroatoms. The van der Waals surface area contributed by atoms with Crippen molar-refractivity contribution in [3.05, 3.63) is 0 Å². The molecule has 2 aliphatic carbocycles. The number of nitrogens with one attached hydrogen (secondary N) is 1. The normalized spacial score (nSPS) is 34.3. The van der Waals surface area contributed by atoms with E-state index in [4.69, 9.17) is 5.84 Å². The highest BCUT2D eigenvalue weighted by molar-refractivity contribution is 4.87. The lowest BCUT2D eigenvalue weighted by molar-refractivity contribution is 0.106. The fourth-order valence-corrected chi connectivity index (χ4v) is 4.24. The summed E-state index contributed by atoms with van der Waals surface area (Å²) in [5.41, 5.74) is 3.12. The zero-order chi connectivity index (χ0) is 13.0. The summed E-state index contributed by atoms with van der Waals surface area (Å²) in [7, 11) is 0. The third-order valence-corrected chi connectivity index (χ3v) is 5.42. The Kier molecular flexibility index (Phi) is 5.50. The number of hydrazine groups is 1. The molecule has 106 valence electrons. The number of fused-ring (bicyclic) bond motifs is 1. The molecule has 0 spiro atoms. The second kappa shape index (κ2) is 6.91. The second-order valence-electron chi connectivity index (χ2n) is 7.12. The van der Waals surface area contributed by atoms with E-state index < -0.39 is 0 Å². The molecular weight excluding hydrogens is 220 g/mol. The van der Waals surface area contributed by atoms with Gasteiger partial charge in [-0.15, -0.1) is 0 Å². The van der Waals surface area contributed by atoms with Gasteiger partial charge in [0, 0.05) is 6.04 Å². The molecule has 0 amide bonds. The molecule has 4 unspecified atom stereocenters. The van der Waals surface area contributed by atoms with E-state index >= 15 is 0 Å². The van der Waals surface area contributed by atoms with E-state index in [-0.39, 0.29) is 0 Å². The standard InChI is InChI=1S/C16H32N2/c1-12(2)7-10-16(18-17)15-9-8-13-5-3-4-6-14(13)11-15/h12-16,18H,3-11,17H2,1-2H3. The van der Waals surface area contributed by atoms with Gasteiger partial charge in [-0.05, 0) is 55.8 Å². The molecule has 2 fully saturated rings. The van der Waals surface area contributed by atoms with E-state index in [1.165, 1.54) is 57.8 Å². The quantitative estimate of drug-likeness (QED) is 0.576. The van der Waals surface area contributed by atoms with Crippen LogP contribution in [0.4, 0.5) is 0 Å². The van der Waals surface area contributed by atoms with Crippen molar-refractivity contribution >= 4 is 0 Å². The van der Waals surface area contributed by atoms with Crippen LogP contribution in [0.15, 0.2) is 0 Å². The van der Waals surface area contributed by atoms with Gasteiger partial charge in [0.25, 0.3) is 0 Å². The van der Waals surface area contributed by atoms with Crippen LogP contribution in [0, 0.1) is 23.7 Å². The minimum absolute atomic E-state index is 0.565. The summed E-state index contributed by atoms with van der Waals surface area (Å²) in [4.78, 5) is 0. The monoisotopic (exact) mass is 252 g/mol. The topological polar surface area (TPSA) is 38.0 Å². The van der Waals surface area contributed by atoms with Gasteiger partial charge in [0.15, 0.2) is 0 Å². The van der Waals surface area contributed by atoms with E-state index in [1.54, 1.807) is 0 Å². The van der Waals surface area contributed by atoms with Gasteiger partial charge in [-0.2, -0.15) is 0 Å². The van der Waals surface area contributed by atoms with Gasteiger partial charge in [-0.1, -0.05) is 39.5 Å². The molecule has 0 radical (unpaired) electrons. The Labute approximate surface area is 113 Å². The Morgan fingerprint density at radius 2 is 1.72 bits per heavy atom. The molecule has 2 nitrogen and oxygen atoms in total. The Morgan fingerprint density at radius 1 is 1.00 bits per heavy atom. The molecule has 18 heavy (non-hydrogen) atoms. The van der Waals surface area contributed by atoms with Crippen molar-refractivity contribution < 1.29 is 0 Å². The minimum atomic E-state index is 0.565. The molecule has 0 aromatic carbocycles. The molecule has 2 rings (SSSR count). The van der Waals surface area contributed by atoms with Gasteiger partial charge in [0.05, 0.1) is 0 Å². The van der Waals surface area contributed by atoms with Gasteiger partial charge in [0.2, 0.25) is 0 Å². The first-order valence-corrected chi connectivity index (χ1v) is 8.16. The van der Waals surface area contributed by atoms with Crippen LogP contribution in [0.5, 0.6) is 0 Å². The highest BCUT2D eigenvalue weighted by atomic mass is 15.2. The average Bonchev–Trinajstić information content (AvgIpc) is 2.39. The summed E-state index contributed by atoms with van der Waals surface area (Å²) in [6.45, 7) is 4.62. The molecule has 0 heterocycles. The third kappa shape index (κ3) is 3.71. The van der Waals surface area contributed by atoms with Gasteiger partial charge >= 0.3 is 0 Å². The maximum atomic E-state index is 5.81. The molecule has 4 atom stereocenters. The lowest BCUT2D eigenvalue weighted by atomic mass is 9.66. The number of rotatable bonds is 5. The Morgan fingerprint density at radius 3 is 2.39 bits per heavy atom. The Bertz CT molecular complexity index is 239. The van der Waals surface area contributed by atoms with E-state index in [9.17, 15) is 0 Å². The Balaban J connectivity index is 1.83. The van der Waals surface area contributed by atoms with E-state index in [1.807, 2.05) is 0 Å². The molecule has 0 saturated heterocycles. The molecule has 2 aliphatic rings. The first-order valence-electron chi connectivity index (χ1n) is 8.16. The van der Waals surface area contributed by atoms with Crippen LogP contribution in [-0.4, -0.2) is 6.04 Å². The number of nitrogens with two attached hydrogens (primary N) is 1. The summed E-state index contributed by atoms with van der Waals surface area (Å²) in [6, 6.07) is 0.565. The molecular formula is C16H32N2. The van der Waals surface area contributed by atoms with Crippen molar-refractivity contribution in [3.8, 4) is 0 Å². The van der Waals surface area contributed by atoms with Gasteiger partial charge in [-0.25, -0.2) is 0 Å². The van der Waals surface area contributed by atoms with Crippen molar-refractivity contribution in [1.82, 2.24) is 5.43 Å². The molecule has 0 aromatic heterocycles. The zero-order valence-corrected chi connectivity index (χ0v) is 12.3. The van der Waals surface area contributed by atoms with Gasteiger partial charge in [0.1, 0.15) is 0 Å². The predicted molar refractivity (Wildman–Crippen MR) is 78.0 cm³/mol.